The van der Waals surface area contributed by atoms with Gasteiger partial charge in [0, 0.05) is 11.6 Å². The zero-order valence-corrected chi connectivity index (χ0v) is 14.9. The molecule has 0 spiro atoms. The van der Waals surface area contributed by atoms with Crippen molar-refractivity contribution < 1.29 is 14.3 Å². The molecule has 1 aliphatic heterocycles. The number of pyridine rings is 1. The van der Waals surface area contributed by atoms with Crippen molar-refractivity contribution in [2.24, 2.45) is 5.92 Å². The summed E-state index contributed by atoms with van der Waals surface area (Å²) in [5.74, 6) is -1.27. The summed E-state index contributed by atoms with van der Waals surface area (Å²) in [4.78, 5) is 18.1. The lowest BCUT2D eigenvalue weighted by Crippen LogP contribution is -2.39. The molecule has 0 bridgehead atoms. The lowest BCUT2D eigenvalue weighted by molar-refractivity contribution is -0.143. The number of para-hydroxylation sites is 1. The Labute approximate surface area is 157 Å². The molecule has 0 radical (unpaired) electrons. The first kappa shape index (κ1) is 17.6. The van der Waals surface area contributed by atoms with Gasteiger partial charge in [0.2, 0.25) is 0 Å². The number of aromatic nitrogens is 1. The molecular formula is C22H21FN2O2. The Morgan fingerprint density at radius 1 is 1.07 bits per heavy atom. The molecule has 3 aromatic rings. The summed E-state index contributed by atoms with van der Waals surface area (Å²) in [6.07, 6.45) is 3.05. The normalized spacial score (nSPS) is 17.1. The number of hydrogen-bond acceptors (Lipinski definition) is 3. The average molecular weight is 364 g/mol. The van der Waals surface area contributed by atoms with Crippen LogP contribution < -0.4 is 0 Å². The van der Waals surface area contributed by atoms with E-state index in [1.807, 2.05) is 36.4 Å². The van der Waals surface area contributed by atoms with Crippen molar-refractivity contribution in [2.45, 2.75) is 18.9 Å². The molecule has 1 N–H and O–H groups in total. The zero-order chi connectivity index (χ0) is 18.8. The molecule has 4 rings (SSSR count). The fourth-order valence-electron chi connectivity index (χ4n) is 3.99. The molecule has 0 aliphatic carbocycles. The monoisotopic (exact) mass is 364 g/mol. The quantitative estimate of drug-likeness (QED) is 0.752. The van der Waals surface area contributed by atoms with Crippen LogP contribution in [0.15, 0.2) is 60.8 Å². The molecule has 0 saturated carbocycles. The van der Waals surface area contributed by atoms with Gasteiger partial charge in [-0.15, -0.1) is 0 Å². The van der Waals surface area contributed by atoms with E-state index in [0.717, 1.165) is 22.0 Å². The van der Waals surface area contributed by atoms with E-state index in [4.69, 9.17) is 0 Å². The summed E-state index contributed by atoms with van der Waals surface area (Å²) in [7, 11) is 0. The number of aliphatic carboxylic acids is 1. The number of carboxylic acid groups (broad SMARTS) is 1. The lowest BCUT2D eigenvalue weighted by Gasteiger charge is -2.37. The first-order chi connectivity index (χ1) is 13.1. The molecule has 1 atom stereocenters. The summed E-state index contributed by atoms with van der Waals surface area (Å²) >= 11 is 0. The number of halogens is 1. The molecule has 1 unspecified atom stereocenters. The van der Waals surface area contributed by atoms with Crippen LogP contribution in [0, 0.1) is 11.7 Å². The first-order valence-corrected chi connectivity index (χ1v) is 9.19. The zero-order valence-electron chi connectivity index (χ0n) is 14.9. The predicted molar refractivity (Wildman–Crippen MR) is 102 cm³/mol. The van der Waals surface area contributed by atoms with E-state index in [-0.39, 0.29) is 17.8 Å². The highest BCUT2D eigenvalue weighted by molar-refractivity contribution is 5.82. The number of carbonyl (C=O) groups is 1. The Hall–Kier alpha value is -2.79. The molecule has 1 aromatic heterocycles. The van der Waals surface area contributed by atoms with Gasteiger partial charge in [-0.1, -0.05) is 30.3 Å². The fraction of sp³-hybridized carbons (Fsp3) is 0.273. The summed E-state index contributed by atoms with van der Waals surface area (Å²) in [6.45, 7) is 1.38. The lowest BCUT2D eigenvalue weighted by atomic mass is 9.90. The van der Waals surface area contributed by atoms with E-state index in [0.29, 0.717) is 25.9 Å². The van der Waals surface area contributed by atoms with Gasteiger partial charge in [0.1, 0.15) is 5.82 Å². The average Bonchev–Trinajstić information content (AvgIpc) is 2.70. The number of carboxylic acids is 1. The summed E-state index contributed by atoms with van der Waals surface area (Å²) in [5, 5.41) is 10.4. The Morgan fingerprint density at radius 3 is 2.48 bits per heavy atom. The molecule has 4 nitrogen and oxygen atoms in total. The Morgan fingerprint density at radius 2 is 1.78 bits per heavy atom. The summed E-state index contributed by atoms with van der Waals surface area (Å²) < 4.78 is 13.5. The van der Waals surface area contributed by atoms with Gasteiger partial charge in [0.15, 0.2) is 0 Å². The smallest absolute Gasteiger partial charge is 0.306 e. The van der Waals surface area contributed by atoms with Crippen LogP contribution in [-0.4, -0.2) is 34.0 Å². The number of fused-ring (bicyclic) bond motifs is 1. The third kappa shape index (κ3) is 3.55. The van der Waals surface area contributed by atoms with E-state index in [1.54, 1.807) is 6.20 Å². The van der Waals surface area contributed by atoms with Crippen molar-refractivity contribution in [3.8, 4) is 0 Å². The minimum absolute atomic E-state index is 0.0618. The van der Waals surface area contributed by atoms with Crippen LogP contribution in [-0.2, 0) is 4.79 Å². The molecule has 138 valence electrons. The second kappa shape index (κ2) is 7.45. The Balaban J connectivity index is 1.77. The van der Waals surface area contributed by atoms with Crippen LogP contribution in [0.5, 0.6) is 0 Å². The largest absolute Gasteiger partial charge is 0.481 e. The van der Waals surface area contributed by atoms with E-state index in [9.17, 15) is 14.3 Å². The molecule has 1 aliphatic rings. The van der Waals surface area contributed by atoms with Gasteiger partial charge >= 0.3 is 5.97 Å². The highest BCUT2D eigenvalue weighted by Crippen LogP contribution is 2.35. The first-order valence-electron chi connectivity index (χ1n) is 9.19. The van der Waals surface area contributed by atoms with Gasteiger partial charge in [0.05, 0.1) is 17.5 Å². The van der Waals surface area contributed by atoms with Crippen molar-refractivity contribution in [2.75, 3.05) is 13.1 Å². The predicted octanol–water partition coefficient (Wildman–Crippen LogP) is 4.26. The van der Waals surface area contributed by atoms with Crippen molar-refractivity contribution in [1.29, 1.82) is 0 Å². The summed E-state index contributed by atoms with van der Waals surface area (Å²) in [5.41, 5.74) is 3.03. The molecule has 27 heavy (non-hydrogen) atoms. The number of rotatable bonds is 4. The third-order valence-corrected chi connectivity index (χ3v) is 5.41. The Kier molecular flexibility index (Phi) is 4.86. The number of benzene rings is 2. The van der Waals surface area contributed by atoms with Crippen molar-refractivity contribution in [3.63, 3.8) is 0 Å². The van der Waals surface area contributed by atoms with E-state index in [1.165, 1.54) is 12.1 Å². The second-order valence-electron chi connectivity index (χ2n) is 7.02. The van der Waals surface area contributed by atoms with Gasteiger partial charge < -0.3 is 5.11 Å². The minimum Gasteiger partial charge on any atom is -0.481 e. The second-order valence-corrected chi connectivity index (χ2v) is 7.02. The number of likely N-dealkylation sites (tertiary alicyclic amines) is 1. The summed E-state index contributed by atoms with van der Waals surface area (Å²) in [6, 6.07) is 16.5. The molecule has 1 fully saturated rings. The van der Waals surface area contributed by atoms with Crippen LogP contribution in [0.3, 0.4) is 0 Å². The van der Waals surface area contributed by atoms with Crippen molar-refractivity contribution >= 4 is 16.9 Å². The highest BCUT2D eigenvalue weighted by atomic mass is 19.1. The van der Waals surface area contributed by atoms with Crippen LogP contribution in [0.1, 0.15) is 30.0 Å². The number of nitrogens with zero attached hydrogens (tertiary/aromatic N) is 2. The maximum absolute atomic E-state index is 13.5. The van der Waals surface area contributed by atoms with Crippen LogP contribution in [0.4, 0.5) is 4.39 Å². The molecule has 2 aromatic carbocycles. The fourth-order valence-corrected chi connectivity index (χ4v) is 3.99. The number of hydrogen-bond donors (Lipinski definition) is 1. The standard InChI is InChI=1S/C22H21FN2O2/c23-17-7-5-15(6-8-17)21(25-13-10-16(11-14-25)22(26)27)19-9-12-24-20-4-2-1-3-18(19)20/h1-9,12,16,21H,10-11,13-14H2,(H,26,27). The number of piperidine rings is 1. The van der Waals surface area contributed by atoms with E-state index in [2.05, 4.69) is 16.0 Å². The van der Waals surface area contributed by atoms with Gasteiger partial charge in [-0.3, -0.25) is 14.7 Å². The van der Waals surface area contributed by atoms with Crippen molar-refractivity contribution in [1.82, 2.24) is 9.88 Å². The van der Waals surface area contributed by atoms with Crippen LogP contribution in [0.2, 0.25) is 0 Å². The highest BCUT2D eigenvalue weighted by Gasteiger charge is 2.31. The SMILES string of the molecule is O=C(O)C1CCN(C(c2ccc(F)cc2)c2ccnc3ccccc23)CC1. The molecular weight excluding hydrogens is 343 g/mol. The van der Waals surface area contributed by atoms with Crippen LogP contribution in [0.25, 0.3) is 10.9 Å². The third-order valence-electron chi connectivity index (χ3n) is 5.41. The Bertz CT molecular complexity index is 945. The molecule has 1 saturated heterocycles. The van der Waals surface area contributed by atoms with Crippen molar-refractivity contribution in [3.05, 3.63) is 77.7 Å². The van der Waals surface area contributed by atoms with E-state index < -0.39 is 5.97 Å². The topological polar surface area (TPSA) is 53.4 Å². The van der Waals surface area contributed by atoms with Gasteiger partial charge in [0.25, 0.3) is 0 Å². The minimum atomic E-state index is -0.720. The molecule has 5 heteroatoms. The molecule has 2 heterocycles. The van der Waals surface area contributed by atoms with Gasteiger partial charge in [-0.05, 0) is 61.3 Å². The molecule has 0 amide bonds. The van der Waals surface area contributed by atoms with Gasteiger partial charge in [-0.2, -0.15) is 0 Å². The van der Waals surface area contributed by atoms with Crippen LogP contribution >= 0.6 is 0 Å². The maximum Gasteiger partial charge on any atom is 0.306 e. The van der Waals surface area contributed by atoms with Gasteiger partial charge in [-0.25, -0.2) is 4.39 Å². The van der Waals surface area contributed by atoms with E-state index >= 15 is 0 Å². The maximum atomic E-state index is 13.5.